The highest BCUT2D eigenvalue weighted by molar-refractivity contribution is 6.30. The maximum Gasteiger partial charge on any atom is 0.184 e. The lowest BCUT2D eigenvalue weighted by Gasteiger charge is -2.10. The van der Waals surface area contributed by atoms with Crippen molar-refractivity contribution < 1.29 is 9.13 Å². The van der Waals surface area contributed by atoms with Gasteiger partial charge >= 0.3 is 0 Å². The van der Waals surface area contributed by atoms with E-state index >= 15 is 0 Å². The first-order valence-corrected chi connectivity index (χ1v) is 6.73. The van der Waals surface area contributed by atoms with E-state index in [2.05, 4.69) is 24.1 Å². The summed E-state index contributed by atoms with van der Waals surface area (Å²) in [7, 11) is 0. The van der Waals surface area contributed by atoms with Gasteiger partial charge in [0.2, 0.25) is 0 Å². The summed E-state index contributed by atoms with van der Waals surface area (Å²) in [6, 6.07) is 6.84. The third kappa shape index (κ3) is 3.92. The lowest BCUT2D eigenvalue weighted by molar-refractivity contribution is 0.439. The number of nitrogens with one attached hydrogen (secondary N) is 1. The van der Waals surface area contributed by atoms with Gasteiger partial charge in [0.15, 0.2) is 11.6 Å². The van der Waals surface area contributed by atoms with Crippen LogP contribution in [0.4, 0.5) is 4.39 Å². The fraction of sp³-hybridized carbons (Fsp3) is 0.267. The van der Waals surface area contributed by atoms with Crippen LogP contribution >= 0.6 is 11.6 Å². The molecule has 0 aliphatic heterocycles. The minimum Gasteiger partial charge on any atom is -0.453 e. The first-order valence-electron chi connectivity index (χ1n) is 6.35. The second-order valence-electron chi connectivity index (χ2n) is 4.72. The number of rotatable bonds is 5. The van der Waals surface area contributed by atoms with Crippen molar-refractivity contribution in [2.24, 2.45) is 0 Å². The number of benzene rings is 1. The van der Waals surface area contributed by atoms with Crippen LogP contribution in [-0.2, 0) is 6.54 Å². The number of hydrogen-bond donors (Lipinski definition) is 1. The molecule has 1 aromatic heterocycles. The van der Waals surface area contributed by atoms with Gasteiger partial charge in [-0.1, -0.05) is 31.5 Å². The molecule has 3 nitrogen and oxygen atoms in total. The van der Waals surface area contributed by atoms with Crippen molar-refractivity contribution in [3.05, 3.63) is 53.1 Å². The zero-order valence-electron chi connectivity index (χ0n) is 11.4. The number of ether oxygens (including phenoxy) is 1. The monoisotopic (exact) mass is 294 g/mol. The van der Waals surface area contributed by atoms with Crippen molar-refractivity contribution in [1.82, 2.24) is 10.3 Å². The Balaban J connectivity index is 2.13. The number of pyridine rings is 1. The standard InChI is InChI=1S/C15H16ClFN2O/c1-10(2)19-8-11-6-12(9-18-7-11)20-14-5-3-4-13(16)15(14)17/h3-7,9-10,19H,8H2,1-2H3. The molecule has 0 spiro atoms. The number of aromatic nitrogens is 1. The second-order valence-corrected chi connectivity index (χ2v) is 5.13. The van der Waals surface area contributed by atoms with Gasteiger partial charge in [-0.25, -0.2) is 4.39 Å². The summed E-state index contributed by atoms with van der Waals surface area (Å²) in [6.45, 7) is 4.81. The molecule has 0 unspecified atom stereocenters. The summed E-state index contributed by atoms with van der Waals surface area (Å²) in [6.07, 6.45) is 3.29. The molecule has 0 bridgehead atoms. The Labute approximate surface area is 122 Å². The van der Waals surface area contributed by atoms with Gasteiger partial charge in [0.1, 0.15) is 5.75 Å². The molecule has 0 saturated carbocycles. The van der Waals surface area contributed by atoms with E-state index in [1.54, 1.807) is 18.5 Å². The van der Waals surface area contributed by atoms with Crippen LogP contribution < -0.4 is 10.1 Å². The summed E-state index contributed by atoms with van der Waals surface area (Å²) in [5.41, 5.74) is 0.971. The van der Waals surface area contributed by atoms with Crippen LogP contribution in [0.1, 0.15) is 19.4 Å². The fourth-order valence-electron chi connectivity index (χ4n) is 1.63. The molecule has 0 atom stereocenters. The van der Waals surface area contributed by atoms with E-state index in [4.69, 9.17) is 16.3 Å². The van der Waals surface area contributed by atoms with Crippen LogP contribution in [0.15, 0.2) is 36.7 Å². The van der Waals surface area contributed by atoms with E-state index in [0.29, 0.717) is 18.3 Å². The van der Waals surface area contributed by atoms with Crippen LogP contribution in [0.2, 0.25) is 5.02 Å². The predicted molar refractivity (Wildman–Crippen MR) is 77.7 cm³/mol. The molecule has 0 amide bonds. The summed E-state index contributed by atoms with van der Waals surface area (Å²) in [5, 5.41) is 3.32. The maximum atomic E-state index is 13.8. The fourth-order valence-corrected chi connectivity index (χ4v) is 1.79. The summed E-state index contributed by atoms with van der Waals surface area (Å²) in [4.78, 5) is 4.09. The highest BCUT2D eigenvalue weighted by Gasteiger charge is 2.09. The number of hydrogen-bond acceptors (Lipinski definition) is 3. The third-order valence-corrected chi connectivity index (χ3v) is 2.92. The number of nitrogens with zero attached hydrogens (tertiary/aromatic N) is 1. The van der Waals surface area contributed by atoms with Crippen molar-refractivity contribution in [2.45, 2.75) is 26.4 Å². The Morgan fingerprint density at radius 3 is 2.90 bits per heavy atom. The van der Waals surface area contributed by atoms with Crippen molar-refractivity contribution in [2.75, 3.05) is 0 Å². The largest absolute Gasteiger partial charge is 0.453 e. The van der Waals surface area contributed by atoms with Gasteiger partial charge < -0.3 is 10.1 Å². The highest BCUT2D eigenvalue weighted by Crippen LogP contribution is 2.28. The van der Waals surface area contributed by atoms with Crippen LogP contribution in [0.5, 0.6) is 11.5 Å². The SMILES string of the molecule is CC(C)NCc1cncc(Oc2cccc(Cl)c2F)c1. The molecule has 2 rings (SSSR count). The van der Waals surface area contributed by atoms with E-state index in [1.807, 2.05) is 6.07 Å². The maximum absolute atomic E-state index is 13.8. The average molecular weight is 295 g/mol. The van der Waals surface area contributed by atoms with Gasteiger partial charge in [0, 0.05) is 18.8 Å². The molecule has 2 aromatic rings. The molecule has 1 aromatic carbocycles. The zero-order chi connectivity index (χ0) is 14.5. The lowest BCUT2D eigenvalue weighted by Crippen LogP contribution is -2.21. The van der Waals surface area contributed by atoms with Crippen LogP contribution in [-0.4, -0.2) is 11.0 Å². The van der Waals surface area contributed by atoms with E-state index in [9.17, 15) is 4.39 Å². The van der Waals surface area contributed by atoms with E-state index in [0.717, 1.165) is 5.56 Å². The summed E-state index contributed by atoms with van der Waals surface area (Å²) >= 11 is 5.72. The zero-order valence-corrected chi connectivity index (χ0v) is 12.1. The van der Waals surface area contributed by atoms with Crippen LogP contribution in [0.25, 0.3) is 0 Å². The number of halogens is 2. The third-order valence-electron chi connectivity index (χ3n) is 2.63. The molecule has 0 aliphatic carbocycles. The van der Waals surface area contributed by atoms with E-state index in [-0.39, 0.29) is 10.8 Å². The molecule has 5 heteroatoms. The van der Waals surface area contributed by atoms with Crippen molar-refractivity contribution in [3.63, 3.8) is 0 Å². The molecular weight excluding hydrogens is 279 g/mol. The molecule has 0 fully saturated rings. The van der Waals surface area contributed by atoms with E-state index < -0.39 is 5.82 Å². The Hall–Kier alpha value is -1.65. The topological polar surface area (TPSA) is 34.2 Å². The predicted octanol–water partition coefficient (Wildman–Crippen LogP) is 4.16. The van der Waals surface area contributed by atoms with Crippen molar-refractivity contribution in [3.8, 4) is 11.5 Å². The van der Waals surface area contributed by atoms with Gasteiger partial charge in [-0.3, -0.25) is 4.98 Å². The smallest absolute Gasteiger partial charge is 0.184 e. The van der Waals surface area contributed by atoms with Crippen LogP contribution in [0, 0.1) is 5.82 Å². The Bertz CT molecular complexity index is 590. The average Bonchev–Trinajstić information content (AvgIpc) is 2.42. The summed E-state index contributed by atoms with van der Waals surface area (Å²) in [5.74, 6) is 0.00219. The Morgan fingerprint density at radius 2 is 2.15 bits per heavy atom. The summed E-state index contributed by atoms with van der Waals surface area (Å²) < 4.78 is 19.2. The first-order chi connectivity index (χ1) is 9.56. The van der Waals surface area contributed by atoms with Gasteiger partial charge in [-0.05, 0) is 23.8 Å². The Morgan fingerprint density at radius 1 is 1.35 bits per heavy atom. The second kappa shape index (κ2) is 6.68. The lowest BCUT2D eigenvalue weighted by atomic mass is 10.2. The molecule has 106 valence electrons. The van der Waals surface area contributed by atoms with Gasteiger partial charge in [0.25, 0.3) is 0 Å². The minimum atomic E-state index is -0.570. The molecule has 0 radical (unpaired) electrons. The minimum absolute atomic E-state index is 0.0353. The Kier molecular flexibility index (Phi) is 4.93. The molecule has 20 heavy (non-hydrogen) atoms. The van der Waals surface area contributed by atoms with Gasteiger partial charge in [-0.15, -0.1) is 0 Å². The van der Waals surface area contributed by atoms with Crippen molar-refractivity contribution >= 4 is 11.6 Å². The highest BCUT2D eigenvalue weighted by atomic mass is 35.5. The van der Waals surface area contributed by atoms with Crippen LogP contribution in [0.3, 0.4) is 0 Å². The molecule has 1 N–H and O–H groups in total. The van der Waals surface area contributed by atoms with E-state index in [1.165, 1.54) is 12.1 Å². The van der Waals surface area contributed by atoms with Crippen molar-refractivity contribution in [1.29, 1.82) is 0 Å². The first kappa shape index (κ1) is 14.8. The molecule has 0 aliphatic rings. The molecule has 1 heterocycles. The van der Waals surface area contributed by atoms with Gasteiger partial charge in [-0.2, -0.15) is 0 Å². The normalized spacial score (nSPS) is 10.8. The van der Waals surface area contributed by atoms with Gasteiger partial charge in [0.05, 0.1) is 11.2 Å². The molecule has 0 saturated heterocycles. The molecular formula is C15H16ClFN2O. The quantitative estimate of drug-likeness (QED) is 0.899.